The first-order valence-corrected chi connectivity index (χ1v) is 8.95. The third-order valence-corrected chi connectivity index (χ3v) is 4.82. The van der Waals surface area contributed by atoms with Gasteiger partial charge in [-0.2, -0.15) is 0 Å². The Morgan fingerprint density at radius 1 is 1.24 bits per heavy atom. The van der Waals surface area contributed by atoms with Gasteiger partial charge in [0.2, 0.25) is 0 Å². The Labute approximate surface area is 153 Å². The molecule has 0 radical (unpaired) electrons. The number of likely N-dealkylation sites (tertiary alicyclic amines) is 1. The second-order valence-electron chi connectivity index (χ2n) is 6.35. The number of amides is 1. The summed E-state index contributed by atoms with van der Waals surface area (Å²) in [6, 6.07) is 15.7. The molecule has 0 bridgehead atoms. The molecule has 0 aliphatic carbocycles. The summed E-state index contributed by atoms with van der Waals surface area (Å²) in [4.78, 5) is 14.2. The monoisotopic (exact) mass is 358 g/mol. The molecule has 2 aromatic rings. The van der Waals surface area contributed by atoms with Crippen molar-refractivity contribution in [1.29, 1.82) is 0 Å². The van der Waals surface area contributed by atoms with Crippen LogP contribution in [0.1, 0.15) is 6.42 Å². The number of halogens is 1. The van der Waals surface area contributed by atoms with Crippen molar-refractivity contribution in [2.24, 2.45) is 5.92 Å². The van der Waals surface area contributed by atoms with Crippen molar-refractivity contribution in [3.05, 3.63) is 53.6 Å². The van der Waals surface area contributed by atoms with Gasteiger partial charge in [0, 0.05) is 13.1 Å². The van der Waals surface area contributed by atoms with E-state index in [-0.39, 0.29) is 12.5 Å². The van der Waals surface area contributed by atoms with Crippen molar-refractivity contribution < 1.29 is 9.53 Å². The van der Waals surface area contributed by atoms with Gasteiger partial charge in [0.25, 0.3) is 5.91 Å². The van der Waals surface area contributed by atoms with Gasteiger partial charge in [-0.1, -0.05) is 48.0 Å². The normalized spacial score (nSPS) is 16.9. The lowest BCUT2D eigenvalue weighted by atomic mass is 10.1. The average Bonchev–Trinajstić information content (AvgIpc) is 3.10. The predicted molar refractivity (Wildman–Crippen MR) is 101 cm³/mol. The molecule has 25 heavy (non-hydrogen) atoms. The zero-order valence-electron chi connectivity index (χ0n) is 14.4. The third kappa shape index (κ3) is 4.53. The molecule has 3 rings (SSSR count). The standard InChI is InChI=1S/C20H23ClN2O2/c1-22-12-15-9-10-23(13-15)20(24)14-25-19-8-7-17(11-18(19)21)16-5-3-2-4-6-16/h2-8,11,15,22H,9-10,12-14H2,1H3/t15-/m0/s1. The van der Waals surface area contributed by atoms with Crippen LogP contribution >= 0.6 is 11.6 Å². The fourth-order valence-corrected chi connectivity index (χ4v) is 3.41. The van der Waals surface area contributed by atoms with E-state index in [9.17, 15) is 4.79 Å². The van der Waals surface area contributed by atoms with Crippen LogP contribution in [0.25, 0.3) is 11.1 Å². The first-order chi connectivity index (χ1) is 12.2. The molecule has 1 atom stereocenters. The quantitative estimate of drug-likeness (QED) is 0.859. The molecule has 1 saturated heterocycles. The van der Waals surface area contributed by atoms with Gasteiger partial charge >= 0.3 is 0 Å². The minimum absolute atomic E-state index is 0.0156. The van der Waals surface area contributed by atoms with E-state index in [0.717, 1.165) is 37.2 Å². The van der Waals surface area contributed by atoms with Crippen molar-refractivity contribution in [1.82, 2.24) is 10.2 Å². The SMILES string of the molecule is CNC[C@@H]1CCN(C(=O)COc2ccc(-c3ccccc3)cc2Cl)C1. The van der Waals surface area contributed by atoms with E-state index < -0.39 is 0 Å². The Morgan fingerprint density at radius 2 is 2.04 bits per heavy atom. The molecule has 1 aliphatic heterocycles. The number of benzene rings is 2. The predicted octanol–water partition coefficient (Wildman–Crippen LogP) is 3.45. The summed E-state index contributed by atoms with van der Waals surface area (Å²) in [6.07, 6.45) is 1.04. The Hall–Kier alpha value is -2.04. The van der Waals surface area contributed by atoms with E-state index >= 15 is 0 Å². The van der Waals surface area contributed by atoms with E-state index in [2.05, 4.69) is 5.32 Å². The topological polar surface area (TPSA) is 41.6 Å². The molecule has 1 amide bonds. The minimum atomic E-state index is 0.0156. The van der Waals surface area contributed by atoms with Gasteiger partial charge in [0.15, 0.2) is 6.61 Å². The Kier molecular flexibility index (Phi) is 5.95. The Balaban J connectivity index is 1.57. The molecule has 4 nitrogen and oxygen atoms in total. The highest BCUT2D eigenvalue weighted by Crippen LogP contribution is 2.30. The maximum absolute atomic E-state index is 12.3. The van der Waals surface area contributed by atoms with E-state index in [1.807, 2.05) is 60.5 Å². The third-order valence-electron chi connectivity index (χ3n) is 4.52. The molecule has 1 heterocycles. The number of nitrogens with one attached hydrogen (secondary N) is 1. The van der Waals surface area contributed by atoms with Crippen LogP contribution in [-0.2, 0) is 4.79 Å². The second kappa shape index (κ2) is 8.37. The van der Waals surface area contributed by atoms with Crippen molar-refractivity contribution in [3.63, 3.8) is 0 Å². The van der Waals surface area contributed by atoms with Crippen molar-refractivity contribution in [3.8, 4) is 16.9 Å². The molecule has 0 saturated carbocycles. The summed E-state index contributed by atoms with van der Waals surface area (Å²) >= 11 is 6.33. The molecule has 1 aliphatic rings. The molecule has 5 heteroatoms. The molecule has 1 N–H and O–H groups in total. The van der Waals surface area contributed by atoms with Crippen LogP contribution in [0, 0.1) is 5.92 Å². The first-order valence-electron chi connectivity index (χ1n) is 8.57. The van der Waals surface area contributed by atoms with Crippen LogP contribution in [0.5, 0.6) is 5.75 Å². The lowest BCUT2D eigenvalue weighted by molar-refractivity contribution is -0.132. The van der Waals surface area contributed by atoms with E-state index in [1.165, 1.54) is 0 Å². The Bertz CT molecular complexity index is 721. The maximum atomic E-state index is 12.3. The van der Waals surface area contributed by atoms with Crippen LogP contribution in [0.2, 0.25) is 5.02 Å². The first kappa shape index (κ1) is 17.8. The van der Waals surface area contributed by atoms with Gasteiger partial charge in [-0.25, -0.2) is 0 Å². The molecule has 0 unspecified atom stereocenters. The zero-order chi connectivity index (χ0) is 17.6. The van der Waals surface area contributed by atoms with Crippen LogP contribution in [0.3, 0.4) is 0 Å². The van der Waals surface area contributed by atoms with E-state index in [1.54, 1.807) is 0 Å². The summed E-state index contributed by atoms with van der Waals surface area (Å²) in [6.45, 7) is 2.56. The summed E-state index contributed by atoms with van der Waals surface area (Å²) in [5, 5.41) is 3.68. The highest BCUT2D eigenvalue weighted by Gasteiger charge is 2.25. The molecule has 1 fully saturated rings. The number of rotatable bonds is 6. The number of carbonyl (C=O) groups is 1. The van der Waals surface area contributed by atoms with E-state index in [0.29, 0.717) is 16.7 Å². The van der Waals surface area contributed by atoms with Crippen LogP contribution < -0.4 is 10.1 Å². The molecule has 132 valence electrons. The Morgan fingerprint density at radius 3 is 2.76 bits per heavy atom. The number of carbonyl (C=O) groups excluding carboxylic acids is 1. The highest BCUT2D eigenvalue weighted by atomic mass is 35.5. The highest BCUT2D eigenvalue weighted by molar-refractivity contribution is 6.32. The molecule has 0 spiro atoms. The molecule has 0 aromatic heterocycles. The number of hydrogen-bond acceptors (Lipinski definition) is 3. The van der Waals surface area contributed by atoms with Gasteiger partial charge in [0.05, 0.1) is 5.02 Å². The minimum Gasteiger partial charge on any atom is -0.482 e. The van der Waals surface area contributed by atoms with E-state index in [4.69, 9.17) is 16.3 Å². The van der Waals surface area contributed by atoms with Crippen molar-refractivity contribution in [2.45, 2.75) is 6.42 Å². The molecule has 2 aromatic carbocycles. The van der Waals surface area contributed by atoms with Gasteiger partial charge < -0.3 is 15.0 Å². The number of hydrogen-bond donors (Lipinski definition) is 1. The van der Waals surface area contributed by atoms with Gasteiger partial charge in [-0.3, -0.25) is 4.79 Å². The van der Waals surface area contributed by atoms with Crippen molar-refractivity contribution in [2.75, 3.05) is 33.3 Å². The number of ether oxygens (including phenoxy) is 1. The zero-order valence-corrected chi connectivity index (χ0v) is 15.1. The smallest absolute Gasteiger partial charge is 0.260 e. The van der Waals surface area contributed by atoms with Crippen molar-refractivity contribution >= 4 is 17.5 Å². The largest absolute Gasteiger partial charge is 0.482 e. The van der Waals surface area contributed by atoms with Gasteiger partial charge in [0.1, 0.15) is 5.75 Å². The fraction of sp³-hybridized carbons (Fsp3) is 0.350. The fourth-order valence-electron chi connectivity index (χ4n) is 3.17. The van der Waals surface area contributed by atoms with Crippen LogP contribution in [-0.4, -0.2) is 44.1 Å². The molecular formula is C20H23ClN2O2. The van der Waals surface area contributed by atoms with Crippen LogP contribution in [0.4, 0.5) is 0 Å². The summed E-state index contributed by atoms with van der Waals surface area (Å²) in [7, 11) is 1.94. The molecular weight excluding hydrogens is 336 g/mol. The summed E-state index contributed by atoms with van der Waals surface area (Å²) < 4.78 is 5.66. The van der Waals surface area contributed by atoms with Gasteiger partial charge in [-0.15, -0.1) is 0 Å². The van der Waals surface area contributed by atoms with Gasteiger partial charge in [-0.05, 0) is 49.2 Å². The number of nitrogens with zero attached hydrogens (tertiary/aromatic N) is 1. The summed E-state index contributed by atoms with van der Waals surface area (Å²) in [5.41, 5.74) is 2.12. The maximum Gasteiger partial charge on any atom is 0.260 e. The second-order valence-corrected chi connectivity index (χ2v) is 6.76. The lowest BCUT2D eigenvalue weighted by Crippen LogP contribution is -2.34. The summed E-state index contributed by atoms with van der Waals surface area (Å²) in [5.74, 6) is 1.09. The van der Waals surface area contributed by atoms with Crippen LogP contribution in [0.15, 0.2) is 48.5 Å². The average molecular weight is 359 g/mol. The lowest BCUT2D eigenvalue weighted by Gasteiger charge is -2.17.